The Morgan fingerprint density at radius 2 is 1.70 bits per heavy atom. The predicted octanol–water partition coefficient (Wildman–Crippen LogP) is 3.57. The molecular formula is C17H34N2O. The number of likely N-dealkylation sites (tertiary alicyclic amines) is 1. The Kier molecular flexibility index (Phi) is 7.01. The van der Waals surface area contributed by atoms with Gasteiger partial charge >= 0.3 is 0 Å². The van der Waals surface area contributed by atoms with Gasteiger partial charge in [-0.15, -0.1) is 0 Å². The molecule has 0 aliphatic carbocycles. The summed E-state index contributed by atoms with van der Waals surface area (Å²) in [5.74, 6) is 0.514. The molecule has 1 rings (SSSR count). The first-order valence-corrected chi connectivity index (χ1v) is 8.48. The highest BCUT2D eigenvalue weighted by Gasteiger charge is 2.33. The van der Waals surface area contributed by atoms with Gasteiger partial charge in [0.2, 0.25) is 5.91 Å². The molecule has 3 nitrogen and oxygen atoms in total. The Morgan fingerprint density at radius 3 is 2.15 bits per heavy atom. The molecule has 0 saturated carbocycles. The smallest absolute Gasteiger partial charge is 0.225 e. The molecule has 1 aliphatic heterocycles. The average Bonchev–Trinajstić information content (AvgIpc) is 2.46. The first-order chi connectivity index (χ1) is 9.44. The third-order valence-corrected chi connectivity index (χ3v) is 5.35. The lowest BCUT2D eigenvalue weighted by Crippen LogP contribution is -2.44. The van der Waals surface area contributed by atoms with Crippen molar-refractivity contribution in [3.63, 3.8) is 0 Å². The molecule has 118 valence electrons. The zero-order chi connectivity index (χ0) is 15.2. The van der Waals surface area contributed by atoms with E-state index in [0.717, 1.165) is 32.4 Å². The van der Waals surface area contributed by atoms with Crippen molar-refractivity contribution in [3.05, 3.63) is 0 Å². The standard InChI is InChI=1S/C17H34N2O/c1-5-17(6-2)10-12-19(13-11-17)16(20)14(3)8-7-9-15(4)18/h14-15H,5-13,18H2,1-4H3. The summed E-state index contributed by atoms with van der Waals surface area (Å²) in [6.45, 7) is 10.6. The summed E-state index contributed by atoms with van der Waals surface area (Å²) in [4.78, 5) is 14.6. The summed E-state index contributed by atoms with van der Waals surface area (Å²) in [6, 6.07) is 0.252. The first-order valence-electron chi connectivity index (χ1n) is 8.48. The molecule has 2 atom stereocenters. The summed E-state index contributed by atoms with van der Waals surface area (Å²) in [5, 5.41) is 0. The second-order valence-corrected chi connectivity index (χ2v) is 6.84. The number of hydrogen-bond acceptors (Lipinski definition) is 2. The Bertz CT molecular complexity index is 287. The predicted molar refractivity (Wildman–Crippen MR) is 85.5 cm³/mol. The average molecular weight is 282 g/mol. The van der Waals surface area contributed by atoms with Gasteiger partial charge in [-0.1, -0.05) is 40.0 Å². The fourth-order valence-electron chi connectivity index (χ4n) is 3.34. The quantitative estimate of drug-likeness (QED) is 0.776. The minimum absolute atomic E-state index is 0.157. The highest BCUT2D eigenvalue weighted by Crippen LogP contribution is 2.38. The first kappa shape index (κ1) is 17.5. The minimum Gasteiger partial charge on any atom is -0.342 e. The van der Waals surface area contributed by atoms with Gasteiger partial charge in [-0.25, -0.2) is 0 Å². The highest BCUT2D eigenvalue weighted by molar-refractivity contribution is 5.78. The van der Waals surface area contributed by atoms with E-state index in [9.17, 15) is 4.79 Å². The van der Waals surface area contributed by atoms with E-state index in [4.69, 9.17) is 5.73 Å². The van der Waals surface area contributed by atoms with Gasteiger partial charge < -0.3 is 10.6 Å². The summed E-state index contributed by atoms with van der Waals surface area (Å²) >= 11 is 0. The molecule has 0 bridgehead atoms. The van der Waals surface area contributed by atoms with E-state index >= 15 is 0 Å². The molecule has 0 aromatic carbocycles. The zero-order valence-electron chi connectivity index (χ0n) is 14.0. The van der Waals surface area contributed by atoms with E-state index in [0.29, 0.717) is 11.3 Å². The molecule has 0 aromatic rings. The molecule has 2 unspecified atom stereocenters. The van der Waals surface area contributed by atoms with Crippen molar-refractivity contribution < 1.29 is 4.79 Å². The van der Waals surface area contributed by atoms with Crippen LogP contribution in [0, 0.1) is 11.3 Å². The molecule has 1 fully saturated rings. The Labute approximate surface area is 125 Å². The Morgan fingerprint density at radius 1 is 1.15 bits per heavy atom. The third kappa shape index (κ3) is 4.76. The number of nitrogens with two attached hydrogens (primary N) is 1. The van der Waals surface area contributed by atoms with Crippen molar-refractivity contribution >= 4 is 5.91 Å². The topological polar surface area (TPSA) is 46.3 Å². The summed E-state index contributed by atoms with van der Waals surface area (Å²) in [6.07, 6.45) is 7.91. The van der Waals surface area contributed by atoms with Crippen molar-refractivity contribution in [2.45, 2.75) is 78.7 Å². The number of nitrogens with zero attached hydrogens (tertiary/aromatic N) is 1. The van der Waals surface area contributed by atoms with Gasteiger partial charge in [0.25, 0.3) is 0 Å². The van der Waals surface area contributed by atoms with Crippen LogP contribution in [0.3, 0.4) is 0 Å². The van der Waals surface area contributed by atoms with Crippen molar-refractivity contribution in [2.24, 2.45) is 17.1 Å². The third-order valence-electron chi connectivity index (χ3n) is 5.35. The van der Waals surface area contributed by atoms with Gasteiger partial charge in [0, 0.05) is 25.0 Å². The number of amides is 1. The lowest BCUT2D eigenvalue weighted by Gasteiger charge is -2.41. The minimum atomic E-state index is 0.157. The highest BCUT2D eigenvalue weighted by atomic mass is 16.2. The van der Waals surface area contributed by atoms with Crippen LogP contribution in [0.15, 0.2) is 0 Å². The monoisotopic (exact) mass is 282 g/mol. The molecule has 1 amide bonds. The maximum absolute atomic E-state index is 12.5. The SMILES string of the molecule is CCC1(CC)CCN(C(=O)C(C)CCCC(C)N)CC1. The van der Waals surface area contributed by atoms with Crippen LogP contribution in [0.1, 0.15) is 72.6 Å². The molecule has 0 spiro atoms. The maximum Gasteiger partial charge on any atom is 0.225 e. The number of carbonyl (C=O) groups is 1. The fraction of sp³-hybridized carbons (Fsp3) is 0.941. The summed E-state index contributed by atoms with van der Waals surface area (Å²) < 4.78 is 0. The molecule has 1 aliphatic rings. The van der Waals surface area contributed by atoms with Crippen molar-refractivity contribution in [1.82, 2.24) is 4.90 Å². The molecular weight excluding hydrogens is 248 g/mol. The van der Waals surface area contributed by atoms with E-state index in [1.165, 1.54) is 25.7 Å². The van der Waals surface area contributed by atoms with E-state index in [-0.39, 0.29) is 12.0 Å². The van der Waals surface area contributed by atoms with E-state index < -0.39 is 0 Å². The van der Waals surface area contributed by atoms with E-state index in [1.807, 2.05) is 6.92 Å². The molecule has 3 heteroatoms. The van der Waals surface area contributed by atoms with Crippen LogP contribution in [0.4, 0.5) is 0 Å². The normalized spacial score (nSPS) is 21.6. The Hall–Kier alpha value is -0.570. The van der Waals surface area contributed by atoms with Gasteiger partial charge in [-0.2, -0.15) is 0 Å². The summed E-state index contributed by atoms with van der Waals surface area (Å²) in [5.41, 5.74) is 6.26. The number of rotatable bonds is 7. The van der Waals surface area contributed by atoms with Gasteiger partial charge in [0.05, 0.1) is 0 Å². The second-order valence-electron chi connectivity index (χ2n) is 6.84. The van der Waals surface area contributed by atoms with Crippen LogP contribution < -0.4 is 5.73 Å². The van der Waals surface area contributed by atoms with Crippen LogP contribution in [0.25, 0.3) is 0 Å². The number of carbonyl (C=O) groups excluding carboxylic acids is 1. The van der Waals surface area contributed by atoms with Crippen LogP contribution in [-0.2, 0) is 4.79 Å². The van der Waals surface area contributed by atoms with Crippen LogP contribution in [0.5, 0.6) is 0 Å². The lowest BCUT2D eigenvalue weighted by molar-refractivity contribution is -0.137. The lowest BCUT2D eigenvalue weighted by atomic mass is 9.74. The molecule has 1 saturated heterocycles. The zero-order valence-corrected chi connectivity index (χ0v) is 14.0. The largest absolute Gasteiger partial charge is 0.342 e. The molecule has 20 heavy (non-hydrogen) atoms. The molecule has 0 radical (unpaired) electrons. The van der Waals surface area contributed by atoms with Crippen LogP contribution in [-0.4, -0.2) is 29.9 Å². The second kappa shape index (κ2) is 8.02. The van der Waals surface area contributed by atoms with Crippen molar-refractivity contribution in [1.29, 1.82) is 0 Å². The molecule has 0 aromatic heterocycles. The fourth-order valence-corrected chi connectivity index (χ4v) is 3.34. The molecule has 1 heterocycles. The number of piperidine rings is 1. The van der Waals surface area contributed by atoms with Crippen molar-refractivity contribution in [2.75, 3.05) is 13.1 Å². The van der Waals surface area contributed by atoms with Gasteiger partial charge in [-0.05, 0) is 38.0 Å². The van der Waals surface area contributed by atoms with Crippen LogP contribution >= 0.6 is 0 Å². The number of hydrogen-bond donors (Lipinski definition) is 1. The van der Waals surface area contributed by atoms with E-state index in [2.05, 4.69) is 25.7 Å². The van der Waals surface area contributed by atoms with Crippen LogP contribution in [0.2, 0.25) is 0 Å². The van der Waals surface area contributed by atoms with Gasteiger partial charge in [0.15, 0.2) is 0 Å². The molecule has 2 N–H and O–H groups in total. The maximum atomic E-state index is 12.5. The van der Waals surface area contributed by atoms with Crippen molar-refractivity contribution in [3.8, 4) is 0 Å². The van der Waals surface area contributed by atoms with Gasteiger partial charge in [-0.3, -0.25) is 4.79 Å². The van der Waals surface area contributed by atoms with Gasteiger partial charge in [0.1, 0.15) is 0 Å². The summed E-state index contributed by atoms with van der Waals surface area (Å²) in [7, 11) is 0. The van der Waals surface area contributed by atoms with E-state index in [1.54, 1.807) is 0 Å². The Balaban J connectivity index is 2.38.